The number of rotatable bonds is 6. The van der Waals surface area contributed by atoms with Crippen molar-refractivity contribution in [1.29, 1.82) is 0 Å². The van der Waals surface area contributed by atoms with Gasteiger partial charge in [-0.15, -0.1) is 0 Å². The first-order chi connectivity index (χ1) is 12.6. The number of nitrogens with zero attached hydrogens (tertiary/aromatic N) is 1. The maximum atomic E-state index is 5.53. The molecule has 0 aromatic heterocycles. The fourth-order valence-electron chi connectivity index (χ4n) is 2.41. The number of oxime groups is 1. The molecule has 0 fully saturated rings. The zero-order valence-electron chi connectivity index (χ0n) is 15.3. The predicted molar refractivity (Wildman–Crippen MR) is 113 cm³/mol. The van der Waals surface area contributed by atoms with Gasteiger partial charge < -0.3 is 10.2 Å². The topological polar surface area (TPSA) is 33.6 Å². The Morgan fingerprint density at radius 3 is 2.77 bits per heavy atom. The van der Waals surface area contributed by atoms with Crippen molar-refractivity contribution in [2.45, 2.75) is 26.9 Å². The van der Waals surface area contributed by atoms with Gasteiger partial charge in [-0.2, -0.15) is 0 Å². The maximum Gasteiger partial charge on any atom is 0.143 e. The Hall–Kier alpha value is -2.51. The third-order valence-electron chi connectivity index (χ3n) is 3.62. The van der Waals surface area contributed by atoms with Crippen molar-refractivity contribution in [2.24, 2.45) is 5.16 Å². The third-order valence-corrected chi connectivity index (χ3v) is 4.11. The number of hydrogen-bond donors (Lipinski definition) is 1. The van der Waals surface area contributed by atoms with Gasteiger partial charge in [0.1, 0.15) is 12.3 Å². The minimum atomic E-state index is 0.398. The average Bonchev–Trinajstić information content (AvgIpc) is 2.65. The summed E-state index contributed by atoms with van der Waals surface area (Å²) in [5, 5.41) is 7.37. The van der Waals surface area contributed by atoms with E-state index in [0.29, 0.717) is 12.3 Å². The summed E-state index contributed by atoms with van der Waals surface area (Å²) in [5.74, 6) is 6.09. The molecule has 2 aromatic rings. The standard InChI is InChI=1S/C22H23BrN2O/c1-4-8-22(24-3)21-12-6-5-10-19(21)16-26-25-17(2)13-14-18-9-7-11-20(23)15-18/h5-12,15,24H,4,16H2,1-3H3/b22-8-,25-17+. The van der Waals surface area contributed by atoms with Gasteiger partial charge in [0.15, 0.2) is 0 Å². The maximum absolute atomic E-state index is 5.53. The molecule has 4 heteroatoms. The largest absolute Gasteiger partial charge is 0.390 e. The Morgan fingerprint density at radius 2 is 2.04 bits per heavy atom. The van der Waals surface area contributed by atoms with E-state index in [0.717, 1.165) is 33.3 Å². The molecule has 26 heavy (non-hydrogen) atoms. The SMILES string of the molecule is CC/C=C(\NC)c1ccccc1CO/N=C(\C)C#Cc1cccc(Br)c1. The van der Waals surface area contributed by atoms with Crippen molar-refractivity contribution >= 4 is 27.3 Å². The van der Waals surface area contributed by atoms with Gasteiger partial charge in [0.05, 0.1) is 0 Å². The molecule has 1 N–H and O–H groups in total. The Labute approximate surface area is 164 Å². The first kappa shape index (κ1) is 19.8. The van der Waals surface area contributed by atoms with Crippen LogP contribution in [0, 0.1) is 11.8 Å². The molecular formula is C22H23BrN2O. The normalized spacial score (nSPS) is 11.5. The van der Waals surface area contributed by atoms with Gasteiger partial charge in [0.25, 0.3) is 0 Å². The summed E-state index contributed by atoms with van der Waals surface area (Å²) >= 11 is 3.44. The number of halogens is 1. The van der Waals surface area contributed by atoms with Crippen LogP contribution in [-0.4, -0.2) is 12.8 Å². The molecule has 0 saturated heterocycles. The molecule has 0 aliphatic rings. The highest BCUT2D eigenvalue weighted by Gasteiger charge is 2.06. The fraction of sp³-hybridized carbons (Fsp3) is 0.227. The van der Waals surface area contributed by atoms with E-state index in [1.165, 1.54) is 0 Å². The lowest BCUT2D eigenvalue weighted by atomic mass is 10.0. The highest BCUT2D eigenvalue weighted by atomic mass is 79.9. The van der Waals surface area contributed by atoms with Gasteiger partial charge in [-0.1, -0.05) is 70.3 Å². The van der Waals surface area contributed by atoms with Crippen LogP contribution in [-0.2, 0) is 11.4 Å². The van der Waals surface area contributed by atoms with Crippen LogP contribution in [0.5, 0.6) is 0 Å². The summed E-state index contributed by atoms with van der Waals surface area (Å²) in [7, 11) is 1.93. The predicted octanol–water partition coefficient (Wildman–Crippen LogP) is 5.36. The summed E-state index contributed by atoms with van der Waals surface area (Å²) in [6.45, 7) is 4.36. The van der Waals surface area contributed by atoms with Crippen molar-refractivity contribution in [3.63, 3.8) is 0 Å². The monoisotopic (exact) mass is 410 g/mol. The van der Waals surface area contributed by atoms with E-state index >= 15 is 0 Å². The minimum Gasteiger partial charge on any atom is -0.390 e. The molecule has 2 aromatic carbocycles. The molecule has 0 radical (unpaired) electrons. The molecule has 2 rings (SSSR count). The van der Waals surface area contributed by atoms with E-state index in [9.17, 15) is 0 Å². The molecule has 0 saturated carbocycles. The average molecular weight is 411 g/mol. The fourth-order valence-corrected chi connectivity index (χ4v) is 2.81. The van der Waals surface area contributed by atoms with Gasteiger partial charge in [-0.3, -0.25) is 0 Å². The van der Waals surface area contributed by atoms with Crippen LogP contribution < -0.4 is 5.32 Å². The third kappa shape index (κ3) is 6.09. The lowest BCUT2D eigenvalue weighted by Gasteiger charge is -2.12. The molecule has 134 valence electrons. The van der Waals surface area contributed by atoms with Crippen LogP contribution in [0.4, 0.5) is 0 Å². The Kier molecular flexibility index (Phi) is 7.98. The molecule has 0 unspecified atom stereocenters. The van der Waals surface area contributed by atoms with E-state index in [-0.39, 0.29) is 0 Å². The van der Waals surface area contributed by atoms with Crippen LogP contribution in [0.3, 0.4) is 0 Å². The van der Waals surface area contributed by atoms with Crippen LogP contribution in [0.1, 0.15) is 37.0 Å². The first-order valence-electron chi connectivity index (χ1n) is 8.54. The number of nitrogens with one attached hydrogen (secondary N) is 1. The van der Waals surface area contributed by atoms with Gasteiger partial charge in [-0.05, 0) is 37.5 Å². The minimum absolute atomic E-state index is 0.398. The second-order valence-corrected chi connectivity index (χ2v) is 6.56. The van der Waals surface area contributed by atoms with E-state index < -0.39 is 0 Å². The number of hydrogen-bond acceptors (Lipinski definition) is 3. The van der Waals surface area contributed by atoms with Crippen molar-refractivity contribution in [2.75, 3.05) is 7.05 Å². The van der Waals surface area contributed by atoms with Gasteiger partial charge in [0, 0.05) is 33.9 Å². The van der Waals surface area contributed by atoms with Crippen molar-refractivity contribution in [3.05, 3.63) is 75.8 Å². The molecule has 0 heterocycles. The highest BCUT2D eigenvalue weighted by Crippen LogP contribution is 2.18. The second kappa shape index (κ2) is 10.5. The van der Waals surface area contributed by atoms with Crippen molar-refractivity contribution < 1.29 is 4.84 Å². The molecule has 0 aliphatic heterocycles. The van der Waals surface area contributed by atoms with Crippen molar-refractivity contribution in [1.82, 2.24) is 5.32 Å². The highest BCUT2D eigenvalue weighted by molar-refractivity contribution is 9.10. The lowest BCUT2D eigenvalue weighted by molar-refractivity contribution is 0.130. The van der Waals surface area contributed by atoms with Crippen molar-refractivity contribution in [3.8, 4) is 11.8 Å². The second-order valence-electron chi connectivity index (χ2n) is 5.64. The Morgan fingerprint density at radius 1 is 1.23 bits per heavy atom. The van der Waals surface area contributed by atoms with E-state index in [4.69, 9.17) is 4.84 Å². The molecule has 0 bridgehead atoms. The zero-order chi connectivity index (χ0) is 18.8. The van der Waals surface area contributed by atoms with Crippen LogP contribution >= 0.6 is 15.9 Å². The molecule has 0 aliphatic carbocycles. The molecule has 0 atom stereocenters. The van der Waals surface area contributed by atoms with Gasteiger partial charge in [0.2, 0.25) is 0 Å². The summed E-state index contributed by atoms with van der Waals surface area (Å²) in [4.78, 5) is 5.53. The van der Waals surface area contributed by atoms with E-state index in [2.05, 4.69) is 57.3 Å². The number of allylic oxidation sites excluding steroid dienone is 1. The smallest absolute Gasteiger partial charge is 0.143 e. The van der Waals surface area contributed by atoms with Crippen LogP contribution in [0.25, 0.3) is 5.70 Å². The van der Waals surface area contributed by atoms with Gasteiger partial charge in [-0.25, -0.2) is 0 Å². The summed E-state index contributed by atoms with van der Waals surface area (Å²) < 4.78 is 1.01. The van der Waals surface area contributed by atoms with Crippen LogP contribution in [0.15, 0.2) is 64.2 Å². The van der Waals surface area contributed by atoms with Gasteiger partial charge >= 0.3 is 0 Å². The van der Waals surface area contributed by atoms with E-state index in [1.807, 2.05) is 56.4 Å². The Bertz CT molecular complexity index is 860. The van der Waals surface area contributed by atoms with Crippen LogP contribution in [0.2, 0.25) is 0 Å². The quantitative estimate of drug-likeness (QED) is 0.394. The molecule has 3 nitrogen and oxygen atoms in total. The Balaban J connectivity index is 2.06. The zero-order valence-corrected chi connectivity index (χ0v) is 16.9. The summed E-state index contributed by atoms with van der Waals surface area (Å²) in [6, 6.07) is 16.0. The summed E-state index contributed by atoms with van der Waals surface area (Å²) in [5.41, 5.74) is 4.88. The first-order valence-corrected chi connectivity index (χ1v) is 9.33. The molecule has 0 amide bonds. The number of benzene rings is 2. The van der Waals surface area contributed by atoms with E-state index in [1.54, 1.807) is 0 Å². The summed E-state index contributed by atoms with van der Waals surface area (Å²) in [6.07, 6.45) is 3.13. The lowest BCUT2D eigenvalue weighted by Crippen LogP contribution is -2.07. The molecule has 0 spiro atoms. The molecular weight excluding hydrogens is 388 g/mol.